The minimum Gasteiger partial charge on any atom is -0.464 e. The zero-order valence-corrected chi connectivity index (χ0v) is 10.5. The SMILES string of the molecule is CCOC(=O)[C@@](C)(F)[C@@H](O)C1COC(C)(C)O1. The van der Waals surface area contributed by atoms with E-state index < -0.39 is 29.6 Å². The molecule has 5 nitrogen and oxygen atoms in total. The smallest absolute Gasteiger partial charge is 0.346 e. The Kier molecular flexibility index (Phi) is 4.11. The molecule has 0 radical (unpaired) electrons. The summed E-state index contributed by atoms with van der Waals surface area (Å²) in [5.74, 6) is -1.98. The molecule has 1 saturated heterocycles. The Morgan fingerprint density at radius 3 is 2.71 bits per heavy atom. The molecule has 3 atom stereocenters. The lowest BCUT2D eigenvalue weighted by atomic mass is 9.97. The van der Waals surface area contributed by atoms with Crippen LogP contribution in [0.15, 0.2) is 0 Å². The van der Waals surface area contributed by atoms with Crippen LogP contribution in [0, 0.1) is 0 Å². The quantitative estimate of drug-likeness (QED) is 0.747. The van der Waals surface area contributed by atoms with Gasteiger partial charge in [-0.3, -0.25) is 0 Å². The number of halogens is 1. The number of carbonyl (C=O) groups is 1. The molecule has 0 saturated carbocycles. The first-order valence-corrected chi connectivity index (χ1v) is 5.56. The number of hydrogen-bond donors (Lipinski definition) is 1. The summed E-state index contributed by atoms with van der Waals surface area (Å²) in [5.41, 5.74) is -2.51. The molecule has 0 bridgehead atoms. The first kappa shape index (κ1) is 14.3. The molecule has 0 amide bonds. The van der Waals surface area contributed by atoms with Crippen LogP contribution in [0.4, 0.5) is 4.39 Å². The van der Waals surface area contributed by atoms with Gasteiger partial charge in [-0.25, -0.2) is 9.18 Å². The second-order valence-corrected chi connectivity index (χ2v) is 4.61. The van der Waals surface area contributed by atoms with E-state index in [1.165, 1.54) is 0 Å². The number of alkyl halides is 1. The number of carbonyl (C=O) groups excluding carboxylic acids is 1. The lowest BCUT2D eigenvalue weighted by molar-refractivity contribution is -0.183. The van der Waals surface area contributed by atoms with Crippen molar-refractivity contribution in [2.75, 3.05) is 13.2 Å². The highest BCUT2D eigenvalue weighted by Gasteiger charge is 2.50. The van der Waals surface area contributed by atoms with E-state index in [1.807, 2.05) is 0 Å². The summed E-state index contributed by atoms with van der Waals surface area (Å²) in [4.78, 5) is 11.4. The van der Waals surface area contributed by atoms with Crippen molar-refractivity contribution < 1.29 is 28.5 Å². The molecule has 0 spiro atoms. The van der Waals surface area contributed by atoms with Gasteiger partial charge in [0.25, 0.3) is 0 Å². The Labute approximate surface area is 99.8 Å². The van der Waals surface area contributed by atoms with Gasteiger partial charge in [0.2, 0.25) is 5.67 Å². The lowest BCUT2D eigenvalue weighted by Crippen LogP contribution is -2.51. The monoisotopic (exact) mass is 250 g/mol. The van der Waals surface area contributed by atoms with E-state index in [9.17, 15) is 14.3 Å². The summed E-state index contributed by atoms with van der Waals surface area (Å²) < 4.78 is 29.2. The molecule has 1 rings (SSSR count). The van der Waals surface area contributed by atoms with Crippen molar-refractivity contribution in [3.8, 4) is 0 Å². The van der Waals surface area contributed by atoms with Gasteiger partial charge in [-0.15, -0.1) is 0 Å². The molecule has 1 fully saturated rings. The molecule has 100 valence electrons. The number of hydrogen-bond acceptors (Lipinski definition) is 5. The maximum atomic E-state index is 14.1. The Bertz CT molecular complexity index is 290. The van der Waals surface area contributed by atoms with E-state index in [4.69, 9.17) is 9.47 Å². The van der Waals surface area contributed by atoms with E-state index in [0.29, 0.717) is 0 Å². The minimum atomic E-state index is -2.51. The van der Waals surface area contributed by atoms with Crippen LogP contribution in [0.25, 0.3) is 0 Å². The average Bonchev–Trinajstić information content (AvgIpc) is 2.58. The van der Waals surface area contributed by atoms with Crippen LogP contribution in [0.1, 0.15) is 27.7 Å². The zero-order chi connectivity index (χ0) is 13.3. The molecule has 1 unspecified atom stereocenters. The number of ether oxygens (including phenoxy) is 3. The maximum Gasteiger partial charge on any atom is 0.346 e. The molecule has 1 aliphatic heterocycles. The third-order valence-corrected chi connectivity index (χ3v) is 2.61. The van der Waals surface area contributed by atoms with Crippen LogP contribution < -0.4 is 0 Å². The normalized spacial score (nSPS) is 28.5. The van der Waals surface area contributed by atoms with E-state index >= 15 is 0 Å². The summed E-state index contributed by atoms with van der Waals surface area (Å²) in [6, 6.07) is 0. The van der Waals surface area contributed by atoms with Crippen LogP contribution >= 0.6 is 0 Å². The number of aliphatic hydroxyl groups excluding tert-OH is 1. The fourth-order valence-corrected chi connectivity index (χ4v) is 1.61. The second-order valence-electron chi connectivity index (χ2n) is 4.61. The van der Waals surface area contributed by atoms with Crippen molar-refractivity contribution in [2.24, 2.45) is 0 Å². The Hall–Kier alpha value is -0.720. The highest BCUT2D eigenvalue weighted by atomic mass is 19.1. The highest BCUT2D eigenvalue weighted by Crippen LogP contribution is 2.30. The molecular formula is C11H19FO5. The Balaban J connectivity index is 2.69. The van der Waals surface area contributed by atoms with Crippen LogP contribution in [-0.4, -0.2) is 48.0 Å². The molecule has 0 aromatic heterocycles. The van der Waals surface area contributed by atoms with Gasteiger partial charge in [-0.05, 0) is 27.7 Å². The third kappa shape index (κ3) is 3.14. The fourth-order valence-electron chi connectivity index (χ4n) is 1.61. The van der Waals surface area contributed by atoms with Crippen LogP contribution in [0.2, 0.25) is 0 Å². The zero-order valence-electron chi connectivity index (χ0n) is 10.5. The molecule has 0 aliphatic carbocycles. The van der Waals surface area contributed by atoms with Crippen molar-refractivity contribution in [3.63, 3.8) is 0 Å². The largest absolute Gasteiger partial charge is 0.464 e. The van der Waals surface area contributed by atoms with E-state index in [1.54, 1.807) is 20.8 Å². The summed E-state index contributed by atoms with van der Waals surface area (Å²) in [6.07, 6.45) is -2.51. The number of rotatable bonds is 4. The van der Waals surface area contributed by atoms with Gasteiger partial charge < -0.3 is 19.3 Å². The number of esters is 1. The molecule has 1 N–H and O–H groups in total. The Morgan fingerprint density at radius 2 is 2.29 bits per heavy atom. The topological polar surface area (TPSA) is 65.0 Å². The maximum absolute atomic E-state index is 14.1. The molecule has 0 aromatic carbocycles. The molecule has 17 heavy (non-hydrogen) atoms. The Morgan fingerprint density at radius 1 is 1.71 bits per heavy atom. The minimum absolute atomic E-state index is 0.0348. The van der Waals surface area contributed by atoms with Gasteiger partial charge in [-0.2, -0.15) is 0 Å². The summed E-state index contributed by atoms with van der Waals surface area (Å²) in [7, 11) is 0. The third-order valence-electron chi connectivity index (χ3n) is 2.61. The summed E-state index contributed by atoms with van der Waals surface area (Å²) >= 11 is 0. The lowest BCUT2D eigenvalue weighted by Gasteiger charge is -2.28. The predicted octanol–water partition coefficient (Wildman–Crippen LogP) is 0.790. The van der Waals surface area contributed by atoms with Gasteiger partial charge in [-0.1, -0.05) is 0 Å². The van der Waals surface area contributed by atoms with Gasteiger partial charge in [0, 0.05) is 0 Å². The standard InChI is InChI=1S/C11H19FO5/c1-5-15-9(14)11(4,12)8(13)7-6-16-10(2,3)17-7/h7-8,13H,5-6H2,1-4H3/t7?,8-,11-/m0/s1. The van der Waals surface area contributed by atoms with Crippen molar-refractivity contribution in [2.45, 2.75) is 51.4 Å². The summed E-state index contributed by atoms with van der Waals surface area (Å²) in [6.45, 7) is 5.94. The predicted molar refractivity (Wildman–Crippen MR) is 57.1 cm³/mol. The van der Waals surface area contributed by atoms with E-state index in [0.717, 1.165) is 6.92 Å². The average molecular weight is 250 g/mol. The van der Waals surface area contributed by atoms with Gasteiger partial charge in [0.05, 0.1) is 13.2 Å². The first-order valence-electron chi connectivity index (χ1n) is 5.56. The van der Waals surface area contributed by atoms with E-state index in [-0.39, 0.29) is 13.2 Å². The molecule has 1 heterocycles. The van der Waals surface area contributed by atoms with Gasteiger partial charge in [0.15, 0.2) is 5.79 Å². The van der Waals surface area contributed by atoms with Crippen LogP contribution in [0.3, 0.4) is 0 Å². The van der Waals surface area contributed by atoms with Crippen LogP contribution in [-0.2, 0) is 19.0 Å². The fraction of sp³-hybridized carbons (Fsp3) is 0.909. The molecule has 1 aliphatic rings. The first-order chi connectivity index (χ1) is 7.70. The van der Waals surface area contributed by atoms with Crippen LogP contribution in [0.5, 0.6) is 0 Å². The molecule has 0 aromatic rings. The summed E-state index contributed by atoms with van der Waals surface area (Å²) in [5, 5.41) is 9.83. The second kappa shape index (κ2) is 4.88. The van der Waals surface area contributed by atoms with E-state index in [2.05, 4.69) is 4.74 Å². The van der Waals surface area contributed by atoms with Gasteiger partial charge >= 0.3 is 5.97 Å². The van der Waals surface area contributed by atoms with Crippen molar-refractivity contribution in [1.29, 1.82) is 0 Å². The highest BCUT2D eigenvalue weighted by molar-refractivity contribution is 5.79. The molecule has 6 heteroatoms. The number of aliphatic hydroxyl groups is 1. The molecular weight excluding hydrogens is 231 g/mol. The van der Waals surface area contributed by atoms with Gasteiger partial charge in [0.1, 0.15) is 12.2 Å². The van der Waals surface area contributed by atoms with Crippen molar-refractivity contribution in [1.82, 2.24) is 0 Å². The van der Waals surface area contributed by atoms with Crippen molar-refractivity contribution in [3.05, 3.63) is 0 Å². The van der Waals surface area contributed by atoms with Crippen molar-refractivity contribution >= 4 is 5.97 Å².